The Kier molecular flexibility index (Phi) is 3.07. The van der Waals surface area contributed by atoms with E-state index in [4.69, 9.17) is 8.17 Å². The van der Waals surface area contributed by atoms with Crippen LogP contribution in [0.2, 0.25) is 0 Å². The van der Waals surface area contributed by atoms with E-state index in [1.165, 1.54) is 17.3 Å². The zero-order valence-electron chi connectivity index (χ0n) is 4.77. The summed E-state index contributed by atoms with van der Waals surface area (Å²) in [6.07, 6.45) is 2.49. The summed E-state index contributed by atoms with van der Waals surface area (Å²) < 4.78 is 6.88. The first-order valence-corrected chi connectivity index (χ1v) is 6.73. The molecule has 0 radical (unpaired) electrons. The number of alkyl halides is 2. The predicted octanol–water partition coefficient (Wildman–Crippen LogP) is 1.17. The summed E-state index contributed by atoms with van der Waals surface area (Å²) in [6, 6.07) is 0. The van der Waals surface area contributed by atoms with E-state index in [9.17, 15) is 0 Å². The van der Waals surface area contributed by atoms with Crippen molar-refractivity contribution in [2.45, 2.75) is 12.8 Å². The predicted molar refractivity (Wildman–Crippen MR) is 41.2 cm³/mol. The van der Waals surface area contributed by atoms with E-state index in [2.05, 4.69) is 0 Å². The molecule has 0 atom stereocenters. The molecule has 50 valence electrons. The van der Waals surface area contributed by atoms with Crippen LogP contribution in [0.1, 0.15) is 12.8 Å². The molecule has 1 rings (SSSR count). The van der Waals surface area contributed by atoms with Gasteiger partial charge < -0.3 is 0 Å². The molecule has 8 heavy (non-hydrogen) atoms. The fourth-order valence-electron chi connectivity index (χ4n) is 0.658. The van der Waals surface area contributed by atoms with Crippen molar-refractivity contribution >= 4 is 20.2 Å². The van der Waals surface area contributed by atoms with Crippen LogP contribution >= 0.6 is 20.2 Å². The summed E-state index contributed by atoms with van der Waals surface area (Å²) in [5.41, 5.74) is 0. The molecule has 0 aromatic heterocycles. The Bertz CT molecular complexity index is 61.4. The van der Waals surface area contributed by atoms with Crippen molar-refractivity contribution in [1.29, 1.82) is 0 Å². The number of aliphatic hydroxyl groups excluding tert-OH is 1. The van der Waals surface area contributed by atoms with E-state index in [0.717, 1.165) is 6.61 Å². The van der Waals surface area contributed by atoms with Crippen LogP contribution in [0, 0.1) is 0 Å². The standard InChI is InChI=1S/C5H11IO2/c7-5-6-3-1-2-4-8-6/h7H,1-5H2. The maximum absolute atomic E-state index is 8.64. The van der Waals surface area contributed by atoms with Crippen LogP contribution in [0.5, 0.6) is 0 Å². The minimum atomic E-state index is -1.20. The van der Waals surface area contributed by atoms with Gasteiger partial charge in [-0.25, -0.2) is 0 Å². The second kappa shape index (κ2) is 3.63. The molecule has 3 heteroatoms. The number of hydrogen-bond donors (Lipinski definition) is 1. The second-order valence-electron chi connectivity index (χ2n) is 1.74. The van der Waals surface area contributed by atoms with Gasteiger partial charge in [-0.15, -0.1) is 0 Å². The van der Waals surface area contributed by atoms with Gasteiger partial charge in [0.2, 0.25) is 0 Å². The third-order valence-electron chi connectivity index (χ3n) is 1.10. The Labute approximate surface area is 57.2 Å². The molecule has 1 fully saturated rings. The monoisotopic (exact) mass is 230 g/mol. The molecule has 0 bridgehead atoms. The van der Waals surface area contributed by atoms with Crippen molar-refractivity contribution in [3.8, 4) is 0 Å². The summed E-state index contributed by atoms with van der Waals surface area (Å²) in [6.45, 7) is 0.908. The topological polar surface area (TPSA) is 29.5 Å². The second-order valence-corrected chi connectivity index (χ2v) is 6.44. The number of hydrogen-bond acceptors (Lipinski definition) is 2. The van der Waals surface area contributed by atoms with E-state index in [1.807, 2.05) is 0 Å². The first-order chi connectivity index (χ1) is 3.93. The Hall–Kier alpha value is 0.650. The molecule has 0 aromatic rings. The van der Waals surface area contributed by atoms with E-state index >= 15 is 0 Å². The number of aliphatic hydroxyl groups is 1. The Morgan fingerprint density at radius 1 is 1.50 bits per heavy atom. The van der Waals surface area contributed by atoms with Crippen molar-refractivity contribution in [3.05, 3.63) is 0 Å². The average Bonchev–Trinajstić information content (AvgIpc) is 1.90. The quantitative estimate of drug-likeness (QED) is 0.541. The number of halogens is 1. The van der Waals surface area contributed by atoms with Gasteiger partial charge in [0.1, 0.15) is 0 Å². The van der Waals surface area contributed by atoms with E-state index in [0.29, 0.717) is 4.61 Å². The molecule has 0 spiro atoms. The van der Waals surface area contributed by atoms with E-state index in [1.54, 1.807) is 0 Å². The Morgan fingerprint density at radius 3 is 2.75 bits per heavy atom. The van der Waals surface area contributed by atoms with Gasteiger partial charge in [0, 0.05) is 0 Å². The molecular weight excluding hydrogens is 219 g/mol. The maximum atomic E-state index is 8.64. The minimum absolute atomic E-state index is 0.351. The molecule has 0 unspecified atom stereocenters. The zero-order valence-corrected chi connectivity index (χ0v) is 6.93. The summed E-state index contributed by atoms with van der Waals surface area (Å²) in [7, 11) is 0. The van der Waals surface area contributed by atoms with Crippen LogP contribution < -0.4 is 0 Å². The van der Waals surface area contributed by atoms with Crippen LogP contribution in [0.4, 0.5) is 0 Å². The van der Waals surface area contributed by atoms with Gasteiger partial charge >= 0.3 is 56.9 Å². The van der Waals surface area contributed by atoms with Crippen LogP contribution in [0.25, 0.3) is 0 Å². The summed E-state index contributed by atoms with van der Waals surface area (Å²) in [4.78, 5) is 0. The Balaban J connectivity index is 2.13. The van der Waals surface area contributed by atoms with Crippen LogP contribution in [-0.2, 0) is 3.07 Å². The van der Waals surface area contributed by atoms with Crippen LogP contribution in [0.15, 0.2) is 0 Å². The van der Waals surface area contributed by atoms with Crippen molar-refractivity contribution in [2.24, 2.45) is 0 Å². The Morgan fingerprint density at radius 2 is 2.38 bits per heavy atom. The molecule has 0 amide bonds. The third kappa shape index (κ3) is 1.87. The van der Waals surface area contributed by atoms with E-state index < -0.39 is 20.2 Å². The van der Waals surface area contributed by atoms with Crippen LogP contribution in [0.3, 0.4) is 0 Å². The third-order valence-corrected chi connectivity index (χ3v) is 5.15. The molecule has 1 N–H and O–H groups in total. The molecule has 1 aliphatic rings. The molecule has 2 nitrogen and oxygen atoms in total. The SMILES string of the molecule is OCI1CCCCO1. The number of rotatable bonds is 1. The first kappa shape index (κ1) is 6.77. The fraction of sp³-hybridized carbons (Fsp3) is 1.00. The van der Waals surface area contributed by atoms with Gasteiger partial charge in [-0.1, -0.05) is 0 Å². The van der Waals surface area contributed by atoms with Crippen molar-refractivity contribution < 1.29 is 8.17 Å². The molecular formula is C5H11IO2. The van der Waals surface area contributed by atoms with Crippen molar-refractivity contribution in [3.63, 3.8) is 0 Å². The molecule has 1 heterocycles. The first-order valence-electron chi connectivity index (χ1n) is 2.79. The molecule has 0 aliphatic carbocycles. The zero-order chi connectivity index (χ0) is 5.82. The summed E-state index contributed by atoms with van der Waals surface area (Å²) >= 11 is -1.20. The average molecular weight is 230 g/mol. The summed E-state index contributed by atoms with van der Waals surface area (Å²) in [5.74, 6) is 0. The molecule has 1 aliphatic heterocycles. The van der Waals surface area contributed by atoms with E-state index in [-0.39, 0.29) is 0 Å². The molecule has 0 aromatic carbocycles. The van der Waals surface area contributed by atoms with Crippen molar-refractivity contribution in [2.75, 3.05) is 15.6 Å². The van der Waals surface area contributed by atoms with Gasteiger partial charge in [0.15, 0.2) is 0 Å². The van der Waals surface area contributed by atoms with Crippen LogP contribution in [-0.4, -0.2) is 20.8 Å². The van der Waals surface area contributed by atoms with Gasteiger partial charge in [0.05, 0.1) is 0 Å². The molecule has 0 saturated carbocycles. The summed E-state index contributed by atoms with van der Waals surface area (Å²) in [5, 5.41) is 8.64. The van der Waals surface area contributed by atoms with Gasteiger partial charge in [0.25, 0.3) is 0 Å². The van der Waals surface area contributed by atoms with Gasteiger partial charge in [-0.2, -0.15) is 0 Å². The van der Waals surface area contributed by atoms with Crippen molar-refractivity contribution in [1.82, 2.24) is 0 Å². The van der Waals surface area contributed by atoms with Gasteiger partial charge in [-0.05, 0) is 0 Å². The molecule has 1 saturated heterocycles. The van der Waals surface area contributed by atoms with Gasteiger partial charge in [-0.3, -0.25) is 0 Å². The fourth-order valence-corrected chi connectivity index (χ4v) is 3.83. The normalized spacial score (nSPS) is 25.9.